The van der Waals surface area contributed by atoms with Gasteiger partial charge in [-0.1, -0.05) is 0 Å². The maximum Gasteiger partial charge on any atom is 0.337 e. The first-order chi connectivity index (χ1) is 5.49. The van der Waals surface area contributed by atoms with Gasteiger partial charge in [-0.2, -0.15) is 0 Å². The third-order valence-corrected chi connectivity index (χ3v) is 1.40. The van der Waals surface area contributed by atoms with Crippen molar-refractivity contribution in [3.05, 3.63) is 0 Å². The number of esters is 1. The second kappa shape index (κ2) is 4.84. The minimum absolute atomic E-state index is 0.215. The van der Waals surface area contributed by atoms with Crippen molar-refractivity contribution >= 4 is 11.8 Å². The quantitative estimate of drug-likeness (QED) is 0.472. The van der Waals surface area contributed by atoms with Crippen molar-refractivity contribution < 1.29 is 19.2 Å². The topological polar surface area (TPSA) is 78.6 Å². The summed E-state index contributed by atoms with van der Waals surface area (Å²) in [6, 6.07) is 0. The van der Waals surface area contributed by atoms with Crippen molar-refractivity contribution in [1.29, 1.82) is 0 Å². The van der Waals surface area contributed by atoms with Crippen LogP contribution >= 0.6 is 0 Å². The molecule has 0 aliphatic carbocycles. The first-order valence-electron chi connectivity index (χ1n) is 3.55. The van der Waals surface area contributed by atoms with Crippen LogP contribution in [-0.4, -0.2) is 24.0 Å². The molecule has 0 radical (unpaired) electrons. The fraction of sp³-hybridized carbons (Fsp3) is 0.714. The van der Waals surface area contributed by atoms with Crippen molar-refractivity contribution in [2.24, 2.45) is 5.90 Å². The summed E-state index contributed by atoms with van der Waals surface area (Å²) in [6.45, 7) is 4.27. The van der Waals surface area contributed by atoms with Gasteiger partial charge in [0.05, 0.1) is 0 Å². The monoisotopic (exact) mass is 175 g/mol. The van der Waals surface area contributed by atoms with Crippen molar-refractivity contribution in [3.8, 4) is 0 Å². The second-order valence-electron chi connectivity index (χ2n) is 2.47. The van der Waals surface area contributed by atoms with Crippen LogP contribution < -0.4 is 5.90 Å². The van der Waals surface area contributed by atoms with E-state index < -0.39 is 18.2 Å². The molecule has 0 saturated heterocycles. The molecular weight excluding hydrogens is 162 g/mol. The van der Waals surface area contributed by atoms with Crippen molar-refractivity contribution in [2.45, 2.75) is 33.0 Å². The smallest absolute Gasteiger partial charge is 0.337 e. The molecule has 5 nitrogen and oxygen atoms in total. The number of hydrogen-bond donors (Lipinski definition) is 1. The van der Waals surface area contributed by atoms with Crippen molar-refractivity contribution in [2.75, 3.05) is 0 Å². The van der Waals surface area contributed by atoms with Crippen LogP contribution in [-0.2, 0) is 19.2 Å². The first-order valence-corrected chi connectivity index (χ1v) is 3.55. The van der Waals surface area contributed by atoms with Gasteiger partial charge in [0, 0.05) is 0 Å². The molecule has 0 aliphatic heterocycles. The van der Waals surface area contributed by atoms with Crippen LogP contribution in [0, 0.1) is 0 Å². The summed E-state index contributed by atoms with van der Waals surface area (Å²) in [7, 11) is 0. The lowest BCUT2D eigenvalue weighted by Crippen LogP contribution is -2.31. The van der Waals surface area contributed by atoms with E-state index >= 15 is 0 Å². The van der Waals surface area contributed by atoms with Gasteiger partial charge in [0.15, 0.2) is 18.0 Å². The van der Waals surface area contributed by atoms with Gasteiger partial charge < -0.3 is 4.74 Å². The summed E-state index contributed by atoms with van der Waals surface area (Å²) in [5, 5.41) is 0. The summed E-state index contributed by atoms with van der Waals surface area (Å²) >= 11 is 0. The van der Waals surface area contributed by atoms with E-state index in [1.807, 2.05) is 0 Å². The third kappa shape index (κ3) is 3.45. The van der Waals surface area contributed by atoms with E-state index in [1.165, 1.54) is 20.8 Å². The van der Waals surface area contributed by atoms with Gasteiger partial charge in [0.2, 0.25) is 0 Å². The van der Waals surface area contributed by atoms with Crippen LogP contribution in [0.25, 0.3) is 0 Å². The number of rotatable bonds is 4. The maximum atomic E-state index is 10.9. The van der Waals surface area contributed by atoms with E-state index in [2.05, 4.69) is 9.57 Å². The fourth-order valence-electron chi connectivity index (χ4n) is 0.409. The van der Waals surface area contributed by atoms with Crippen molar-refractivity contribution in [3.63, 3.8) is 0 Å². The van der Waals surface area contributed by atoms with Gasteiger partial charge in [0.25, 0.3) is 0 Å². The highest BCUT2D eigenvalue weighted by atomic mass is 16.7. The molecule has 5 heteroatoms. The Bertz CT molecular complexity index is 180. The number of nitrogens with two attached hydrogens (primary N) is 1. The molecule has 0 rings (SSSR count). The van der Waals surface area contributed by atoms with E-state index in [0.717, 1.165) is 0 Å². The number of ketones is 1. The molecule has 0 bridgehead atoms. The van der Waals surface area contributed by atoms with E-state index in [-0.39, 0.29) is 5.78 Å². The Morgan fingerprint density at radius 3 is 2.08 bits per heavy atom. The van der Waals surface area contributed by atoms with Gasteiger partial charge in [-0.25, -0.2) is 10.7 Å². The number of Topliss-reactive ketones (excluding diaryl/α,β-unsaturated/α-hetero) is 1. The Labute approximate surface area is 70.8 Å². The molecule has 0 fully saturated rings. The molecule has 0 spiro atoms. The highest BCUT2D eigenvalue weighted by Gasteiger charge is 2.19. The largest absolute Gasteiger partial charge is 0.453 e. The van der Waals surface area contributed by atoms with Crippen LogP contribution in [0.4, 0.5) is 0 Å². The minimum atomic E-state index is -0.841. The number of carbonyl (C=O) groups excluding carboxylic acids is 2. The highest BCUT2D eigenvalue weighted by molar-refractivity contribution is 5.84. The zero-order valence-corrected chi connectivity index (χ0v) is 7.37. The van der Waals surface area contributed by atoms with Crippen LogP contribution in [0.1, 0.15) is 20.8 Å². The normalized spacial score (nSPS) is 15.0. The summed E-state index contributed by atoms with van der Waals surface area (Å²) < 4.78 is 4.67. The van der Waals surface area contributed by atoms with Gasteiger partial charge in [-0.3, -0.25) is 9.63 Å². The van der Waals surface area contributed by atoms with E-state index in [4.69, 9.17) is 5.90 Å². The predicted octanol–water partition coefficient (Wildman–Crippen LogP) is -0.214. The molecule has 0 aromatic carbocycles. The molecule has 12 heavy (non-hydrogen) atoms. The van der Waals surface area contributed by atoms with E-state index in [1.54, 1.807) is 0 Å². The Morgan fingerprint density at radius 2 is 1.75 bits per heavy atom. The lowest BCUT2D eigenvalue weighted by atomic mass is 10.3. The first kappa shape index (κ1) is 11.1. The average molecular weight is 175 g/mol. The van der Waals surface area contributed by atoms with Gasteiger partial charge in [-0.15, -0.1) is 0 Å². The van der Waals surface area contributed by atoms with Crippen molar-refractivity contribution in [1.82, 2.24) is 0 Å². The summed E-state index contributed by atoms with van der Waals surface area (Å²) in [5.74, 6) is 3.89. The lowest BCUT2D eigenvalue weighted by molar-refractivity contribution is -0.164. The predicted molar refractivity (Wildman–Crippen MR) is 41.0 cm³/mol. The standard InChI is InChI=1S/C7H13NO4/c1-4(9)5(2)11-7(10)6(3)12-8/h5-6H,8H2,1-3H3. The van der Waals surface area contributed by atoms with Crippen LogP contribution in [0.5, 0.6) is 0 Å². The zero-order valence-electron chi connectivity index (χ0n) is 7.37. The number of ether oxygens (including phenoxy) is 1. The summed E-state index contributed by atoms with van der Waals surface area (Å²) in [5.41, 5.74) is 0. The molecule has 2 N–H and O–H groups in total. The molecule has 2 unspecified atom stereocenters. The molecular formula is C7H13NO4. The molecule has 0 aromatic rings. The third-order valence-electron chi connectivity index (χ3n) is 1.40. The van der Waals surface area contributed by atoms with Gasteiger partial charge in [0.1, 0.15) is 0 Å². The Kier molecular flexibility index (Phi) is 4.46. The molecule has 0 heterocycles. The lowest BCUT2D eigenvalue weighted by Gasteiger charge is -2.12. The second-order valence-corrected chi connectivity index (χ2v) is 2.47. The summed E-state index contributed by atoms with van der Waals surface area (Å²) in [6.07, 6.45) is -1.58. The Hall–Kier alpha value is -0.940. The molecule has 0 amide bonds. The number of carbonyl (C=O) groups is 2. The molecule has 2 atom stereocenters. The van der Waals surface area contributed by atoms with E-state index in [9.17, 15) is 9.59 Å². The van der Waals surface area contributed by atoms with Gasteiger partial charge in [-0.05, 0) is 20.8 Å². The van der Waals surface area contributed by atoms with Crippen LogP contribution in [0.3, 0.4) is 0 Å². The Morgan fingerprint density at radius 1 is 1.25 bits per heavy atom. The van der Waals surface area contributed by atoms with Gasteiger partial charge >= 0.3 is 5.97 Å². The zero-order chi connectivity index (χ0) is 9.72. The minimum Gasteiger partial charge on any atom is -0.453 e. The summed E-state index contributed by atoms with van der Waals surface area (Å²) in [4.78, 5) is 25.8. The molecule has 0 aliphatic rings. The maximum absolute atomic E-state index is 10.9. The number of hydrogen-bond acceptors (Lipinski definition) is 5. The fourth-order valence-corrected chi connectivity index (χ4v) is 0.409. The van der Waals surface area contributed by atoms with Crippen LogP contribution in [0.2, 0.25) is 0 Å². The molecule has 70 valence electrons. The average Bonchev–Trinajstić information content (AvgIpc) is 2.02. The van der Waals surface area contributed by atoms with E-state index in [0.29, 0.717) is 0 Å². The van der Waals surface area contributed by atoms with Crippen LogP contribution in [0.15, 0.2) is 0 Å². The SMILES string of the molecule is CC(=O)C(C)OC(=O)C(C)ON. The Balaban J connectivity index is 3.92. The highest BCUT2D eigenvalue weighted by Crippen LogP contribution is 1.97. The molecule has 0 aromatic heterocycles. The molecule has 0 saturated carbocycles.